The van der Waals surface area contributed by atoms with E-state index >= 15 is 0 Å². The van der Waals surface area contributed by atoms with Crippen molar-refractivity contribution in [2.75, 3.05) is 39.9 Å². The molecule has 1 fully saturated rings. The van der Waals surface area contributed by atoms with Crippen LogP contribution in [0.15, 0.2) is 29.2 Å². The van der Waals surface area contributed by atoms with Gasteiger partial charge in [0.1, 0.15) is 0 Å². The van der Waals surface area contributed by atoms with Crippen LogP contribution in [0.3, 0.4) is 0 Å². The van der Waals surface area contributed by atoms with Gasteiger partial charge in [-0.1, -0.05) is 19.9 Å². The zero-order valence-electron chi connectivity index (χ0n) is 15.7. The van der Waals surface area contributed by atoms with Crippen LogP contribution in [-0.2, 0) is 14.8 Å². The molecule has 2 rings (SSSR count). The van der Waals surface area contributed by atoms with Gasteiger partial charge in [-0.3, -0.25) is 4.79 Å². The Hall–Kier alpha value is -1.48. The third-order valence-corrected chi connectivity index (χ3v) is 6.58. The number of ether oxygens (including phenoxy) is 1. The Kier molecular flexibility index (Phi) is 7.16. The van der Waals surface area contributed by atoms with Crippen molar-refractivity contribution in [1.29, 1.82) is 0 Å². The van der Waals surface area contributed by atoms with Gasteiger partial charge in [-0.15, -0.1) is 0 Å². The van der Waals surface area contributed by atoms with Crippen molar-refractivity contribution in [1.82, 2.24) is 9.21 Å². The Morgan fingerprint density at radius 3 is 2.58 bits per heavy atom. The molecule has 1 saturated heterocycles. The molecule has 1 aliphatic rings. The molecule has 8 heteroatoms. The highest BCUT2D eigenvalue weighted by molar-refractivity contribution is 7.89. The molecular formula is C18H29N3O4S. The lowest BCUT2D eigenvalue weighted by Crippen LogP contribution is -2.40. The van der Waals surface area contributed by atoms with Crippen LogP contribution in [0.25, 0.3) is 0 Å². The second kappa shape index (κ2) is 8.94. The molecule has 1 aromatic rings. The molecule has 0 bridgehead atoms. The summed E-state index contributed by atoms with van der Waals surface area (Å²) in [5, 5.41) is 0. The molecule has 7 nitrogen and oxygen atoms in total. The molecule has 1 aliphatic heterocycles. The first kappa shape index (κ1) is 20.8. The van der Waals surface area contributed by atoms with Crippen molar-refractivity contribution in [3.63, 3.8) is 0 Å². The highest BCUT2D eigenvalue weighted by atomic mass is 32.2. The molecule has 26 heavy (non-hydrogen) atoms. The predicted octanol–water partition coefficient (Wildman–Crippen LogP) is 1.15. The number of carbonyl (C=O) groups is 1. The molecule has 1 amide bonds. The number of carbonyl (C=O) groups excluding carboxylic acids is 1. The average Bonchev–Trinajstić information content (AvgIpc) is 2.65. The maximum absolute atomic E-state index is 12.8. The van der Waals surface area contributed by atoms with Gasteiger partial charge in [0.05, 0.1) is 18.1 Å². The third kappa shape index (κ3) is 5.03. The highest BCUT2D eigenvalue weighted by Gasteiger charge is 2.27. The van der Waals surface area contributed by atoms with Gasteiger partial charge >= 0.3 is 0 Å². The summed E-state index contributed by atoms with van der Waals surface area (Å²) < 4.78 is 32.1. The van der Waals surface area contributed by atoms with E-state index in [1.54, 1.807) is 24.1 Å². The molecule has 1 heterocycles. The number of hydrogen-bond donors (Lipinski definition) is 1. The van der Waals surface area contributed by atoms with Crippen molar-refractivity contribution in [3.8, 4) is 0 Å². The molecule has 1 unspecified atom stereocenters. The summed E-state index contributed by atoms with van der Waals surface area (Å²) >= 11 is 0. The first-order valence-corrected chi connectivity index (χ1v) is 10.4. The Bertz CT molecular complexity index is 715. The van der Waals surface area contributed by atoms with E-state index in [0.29, 0.717) is 50.8 Å². The molecule has 0 aromatic heterocycles. The van der Waals surface area contributed by atoms with E-state index in [1.807, 2.05) is 13.8 Å². The minimum absolute atomic E-state index is 0.0262. The molecule has 1 aromatic carbocycles. The van der Waals surface area contributed by atoms with Crippen LogP contribution in [0.4, 0.5) is 0 Å². The van der Waals surface area contributed by atoms with Crippen LogP contribution >= 0.6 is 0 Å². The van der Waals surface area contributed by atoms with Gasteiger partial charge in [0, 0.05) is 38.3 Å². The largest absolute Gasteiger partial charge is 0.379 e. The van der Waals surface area contributed by atoms with E-state index in [2.05, 4.69) is 0 Å². The fraction of sp³-hybridized carbons (Fsp3) is 0.611. The second-order valence-corrected chi connectivity index (χ2v) is 8.91. The predicted molar refractivity (Wildman–Crippen MR) is 100 cm³/mol. The van der Waals surface area contributed by atoms with Gasteiger partial charge in [-0.25, -0.2) is 8.42 Å². The van der Waals surface area contributed by atoms with E-state index in [1.165, 1.54) is 16.4 Å². The fourth-order valence-electron chi connectivity index (χ4n) is 2.72. The third-order valence-electron chi connectivity index (χ3n) is 4.69. The highest BCUT2D eigenvalue weighted by Crippen LogP contribution is 2.19. The van der Waals surface area contributed by atoms with Crippen LogP contribution in [0, 0.1) is 5.92 Å². The normalized spacial score (nSPS) is 17.3. The van der Waals surface area contributed by atoms with Crippen molar-refractivity contribution >= 4 is 15.9 Å². The first-order valence-electron chi connectivity index (χ1n) is 8.92. The number of hydrogen-bond acceptors (Lipinski definition) is 5. The lowest BCUT2D eigenvalue weighted by atomic mass is 10.0. The summed E-state index contributed by atoms with van der Waals surface area (Å²) in [5.41, 5.74) is 6.40. The van der Waals surface area contributed by atoms with E-state index in [9.17, 15) is 13.2 Å². The molecule has 0 radical (unpaired) electrons. The van der Waals surface area contributed by atoms with Crippen molar-refractivity contribution in [3.05, 3.63) is 29.8 Å². The summed E-state index contributed by atoms with van der Waals surface area (Å²) in [7, 11) is -1.91. The van der Waals surface area contributed by atoms with E-state index in [0.717, 1.165) is 0 Å². The molecule has 2 N–H and O–H groups in total. The lowest BCUT2D eigenvalue weighted by Gasteiger charge is -2.26. The molecule has 0 aliphatic carbocycles. The van der Waals surface area contributed by atoms with Gasteiger partial charge < -0.3 is 15.4 Å². The number of nitrogens with zero attached hydrogens (tertiary/aromatic N) is 2. The van der Waals surface area contributed by atoms with Crippen LogP contribution in [0.1, 0.15) is 30.6 Å². The van der Waals surface area contributed by atoms with Gasteiger partial charge in [-0.05, 0) is 30.5 Å². The SMILES string of the molecule is CC(C)C(N)CCN(C)C(=O)c1cccc(S(=O)(=O)N2CCOCC2)c1. The Morgan fingerprint density at radius 2 is 1.96 bits per heavy atom. The number of rotatable bonds is 7. The Balaban J connectivity index is 2.11. The number of sulfonamides is 1. The number of nitrogens with two attached hydrogens (primary N) is 1. The lowest BCUT2D eigenvalue weighted by molar-refractivity contribution is 0.0730. The van der Waals surface area contributed by atoms with Crippen molar-refractivity contribution < 1.29 is 17.9 Å². The zero-order valence-corrected chi connectivity index (χ0v) is 16.5. The van der Waals surface area contributed by atoms with Gasteiger partial charge in [0.25, 0.3) is 5.91 Å². The Morgan fingerprint density at radius 1 is 1.31 bits per heavy atom. The zero-order chi connectivity index (χ0) is 19.3. The standard InChI is InChI=1S/C18H29N3O4S/c1-14(2)17(19)7-8-20(3)18(22)15-5-4-6-16(13-15)26(23,24)21-9-11-25-12-10-21/h4-6,13-14,17H,7-12,19H2,1-3H3. The number of amides is 1. The van der Waals surface area contributed by atoms with E-state index in [4.69, 9.17) is 10.5 Å². The van der Waals surface area contributed by atoms with Crippen molar-refractivity contribution in [2.45, 2.75) is 31.2 Å². The monoisotopic (exact) mass is 383 g/mol. The summed E-state index contributed by atoms with van der Waals surface area (Å²) in [4.78, 5) is 14.4. The summed E-state index contributed by atoms with van der Waals surface area (Å²) in [5.74, 6) is 0.139. The average molecular weight is 384 g/mol. The Labute approximate surface area is 156 Å². The molecular weight excluding hydrogens is 354 g/mol. The van der Waals surface area contributed by atoms with Crippen LogP contribution in [-0.4, -0.2) is 69.5 Å². The smallest absolute Gasteiger partial charge is 0.253 e. The summed E-state index contributed by atoms with van der Waals surface area (Å²) in [6.45, 7) is 6.05. The molecule has 1 atom stereocenters. The minimum Gasteiger partial charge on any atom is -0.379 e. The topological polar surface area (TPSA) is 92.9 Å². The van der Waals surface area contributed by atoms with Crippen LogP contribution in [0.2, 0.25) is 0 Å². The van der Waals surface area contributed by atoms with Gasteiger partial charge in [0.2, 0.25) is 10.0 Å². The first-order chi connectivity index (χ1) is 12.2. The summed E-state index contributed by atoms with van der Waals surface area (Å²) in [6.07, 6.45) is 0.700. The maximum Gasteiger partial charge on any atom is 0.253 e. The fourth-order valence-corrected chi connectivity index (χ4v) is 4.18. The minimum atomic E-state index is -3.62. The summed E-state index contributed by atoms with van der Waals surface area (Å²) in [6, 6.07) is 6.24. The maximum atomic E-state index is 12.8. The number of morpholine rings is 1. The van der Waals surface area contributed by atoms with Crippen molar-refractivity contribution in [2.24, 2.45) is 11.7 Å². The van der Waals surface area contributed by atoms with Crippen LogP contribution in [0.5, 0.6) is 0 Å². The molecule has 146 valence electrons. The van der Waals surface area contributed by atoms with Gasteiger partial charge in [-0.2, -0.15) is 4.31 Å². The second-order valence-electron chi connectivity index (χ2n) is 6.97. The van der Waals surface area contributed by atoms with E-state index < -0.39 is 10.0 Å². The van der Waals surface area contributed by atoms with Crippen LogP contribution < -0.4 is 5.73 Å². The quantitative estimate of drug-likeness (QED) is 0.762. The number of benzene rings is 1. The molecule has 0 spiro atoms. The van der Waals surface area contributed by atoms with E-state index in [-0.39, 0.29) is 16.8 Å². The molecule has 0 saturated carbocycles. The van der Waals surface area contributed by atoms with Gasteiger partial charge in [0.15, 0.2) is 0 Å².